The lowest BCUT2D eigenvalue weighted by Gasteiger charge is -2.05. The van der Waals surface area contributed by atoms with Crippen LogP contribution in [0, 0.1) is 10.1 Å². The highest BCUT2D eigenvalue weighted by atomic mass is 19.4. The van der Waals surface area contributed by atoms with Crippen LogP contribution in [-0.2, 0) is 6.18 Å². The number of alkyl halides is 3. The summed E-state index contributed by atoms with van der Waals surface area (Å²) in [6, 6.07) is 9.55. The number of rotatable bonds is 4. The Balaban J connectivity index is 1.82. The van der Waals surface area contributed by atoms with Gasteiger partial charge in [-0.25, -0.2) is 4.79 Å². The van der Waals surface area contributed by atoms with Gasteiger partial charge in [-0.2, -0.15) is 18.2 Å². The van der Waals surface area contributed by atoms with Gasteiger partial charge in [-0.15, -0.1) is 0 Å². The summed E-state index contributed by atoms with van der Waals surface area (Å²) in [5.74, 6) is 0.721. The third kappa shape index (κ3) is 4.29. The van der Waals surface area contributed by atoms with Crippen LogP contribution in [0.4, 0.5) is 18.9 Å². The number of nitrogens with zero attached hydrogens (tertiary/aromatic N) is 2. The lowest BCUT2D eigenvalue weighted by atomic mass is 10.1. The highest BCUT2D eigenvalue weighted by Crippen LogP contribution is 2.28. The molecule has 0 fully saturated rings. The number of nitrogens with one attached hydrogen (secondary N) is 1. The molecule has 2 heterocycles. The number of H-pyrrole nitrogens is 1. The highest BCUT2D eigenvalue weighted by Gasteiger charge is 2.32. The van der Waals surface area contributed by atoms with E-state index in [1.54, 1.807) is 17.1 Å². The molecule has 0 saturated carbocycles. The van der Waals surface area contributed by atoms with Crippen LogP contribution >= 0.6 is 0 Å². The minimum atomic E-state index is -4.70. The van der Waals surface area contributed by atoms with E-state index in [9.17, 15) is 28.1 Å². The van der Waals surface area contributed by atoms with Crippen molar-refractivity contribution >= 4 is 17.8 Å². The van der Waals surface area contributed by atoms with Crippen molar-refractivity contribution in [1.29, 1.82) is 0 Å². The van der Waals surface area contributed by atoms with Crippen molar-refractivity contribution in [3.63, 3.8) is 0 Å². The number of nitro groups is 1. The number of aromatic nitrogens is 2. The predicted octanol–water partition coefficient (Wildman–Crippen LogP) is 4.13. The number of hydrogen-bond acceptors (Lipinski definition) is 5. The van der Waals surface area contributed by atoms with Crippen LogP contribution in [-0.4, -0.2) is 14.9 Å². The first-order valence-electron chi connectivity index (χ1n) is 7.44. The molecule has 0 saturated heterocycles. The van der Waals surface area contributed by atoms with E-state index in [1.807, 2.05) is 0 Å². The third-order valence-electron chi connectivity index (χ3n) is 3.48. The molecule has 0 amide bonds. The number of benzene rings is 1. The minimum absolute atomic E-state index is 0.0636. The molecule has 10 heteroatoms. The Hall–Kier alpha value is -3.69. The van der Waals surface area contributed by atoms with E-state index >= 15 is 0 Å². The van der Waals surface area contributed by atoms with Crippen molar-refractivity contribution in [1.82, 2.24) is 9.97 Å². The maximum Gasteiger partial charge on any atom is 0.431 e. The monoisotopic (exact) mass is 377 g/mol. The molecule has 0 spiro atoms. The number of hydrogen-bond donors (Lipinski definition) is 1. The van der Waals surface area contributed by atoms with Gasteiger partial charge in [0.05, 0.1) is 10.6 Å². The first-order chi connectivity index (χ1) is 12.7. The summed E-state index contributed by atoms with van der Waals surface area (Å²) >= 11 is 0. The van der Waals surface area contributed by atoms with Gasteiger partial charge in [-0.1, -0.05) is 0 Å². The second kappa shape index (κ2) is 6.90. The molecule has 0 aliphatic heterocycles. The van der Waals surface area contributed by atoms with Crippen LogP contribution in [0.5, 0.6) is 0 Å². The van der Waals surface area contributed by atoms with Crippen molar-refractivity contribution in [3.8, 4) is 11.3 Å². The Kier molecular flexibility index (Phi) is 4.63. The molecule has 0 radical (unpaired) electrons. The largest absolute Gasteiger partial charge is 0.457 e. The first-order valence-corrected chi connectivity index (χ1v) is 7.44. The van der Waals surface area contributed by atoms with Gasteiger partial charge in [-0.05, 0) is 42.5 Å². The Bertz CT molecular complexity index is 1070. The molecule has 2 aromatic heterocycles. The van der Waals surface area contributed by atoms with Crippen LogP contribution in [0.1, 0.15) is 17.1 Å². The van der Waals surface area contributed by atoms with E-state index in [4.69, 9.17) is 4.42 Å². The highest BCUT2D eigenvalue weighted by molar-refractivity contribution is 5.68. The molecule has 1 aromatic carbocycles. The van der Waals surface area contributed by atoms with E-state index in [0.29, 0.717) is 23.2 Å². The van der Waals surface area contributed by atoms with Gasteiger partial charge in [-0.3, -0.25) is 10.1 Å². The van der Waals surface area contributed by atoms with Gasteiger partial charge in [0.2, 0.25) is 0 Å². The van der Waals surface area contributed by atoms with Gasteiger partial charge in [0.1, 0.15) is 17.2 Å². The van der Waals surface area contributed by atoms with Crippen LogP contribution in [0.2, 0.25) is 0 Å². The molecule has 0 aliphatic carbocycles. The summed E-state index contributed by atoms with van der Waals surface area (Å²) in [5, 5.41) is 10.7. The fraction of sp³-hybridized carbons (Fsp3) is 0.0588. The fourth-order valence-corrected chi connectivity index (χ4v) is 2.23. The maximum absolute atomic E-state index is 12.7. The number of furan rings is 1. The van der Waals surface area contributed by atoms with E-state index in [2.05, 4.69) is 4.98 Å². The van der Waals surface area contributed by atoms with Crippen LogP contribution in [0.3, 0.4) is 0 Å². The Morgan fingerprint density at radius 3 is 2.44 bits per heavy atom. The summed E-state index contributed by atoms with van der Waals surface area (Å²) in [7, 11) is 0. The number of non-ortho nitro benzene ring substituents is 1. The normalized spacial score (nSPS) is 11.8. The molecule has 0 bridgehead atoms. The number of aromatic amines is 1. The Morgan fingerprint density at radius 1 is 1.11 bits per heavy atom. The summed E-state index contributed by atoms with van der Waals surface area (Å²) in [6.45, 7) is 0. The van der Waals surface area contributed by atoms with Gasteiger partial charge in [0.15, 0.2) is 0 Å². The zero-order chi connectivity index (χ0) is 19.6. The molecule has 0 unspecified atom stereocenters. The van der Waals surface area contributed by atoms with Crippen molar-refractivity contribution in [3.05, 3.63) is 80.2 Å². The standard InChI is InChI=1S/C17H10F3N3O4/c18-17(19,20)15-9-11(21-16(24)22-15)3-6-13-7-8-14(27-13)10-1-4-12(5-2-10)23(25)26/h1-9H,(H,21,22,24)/b6-3+. The zero-order valence-corrected chi connectivity index (χ0v) is 13.4. The van der Waals surface area contributed by atoms with Gasteiger partial charge in [0, 0.05) is 17.7 Å². The lowest BCUT2D eigenvalue weighted by Crippen LogP contribution is -2.19. The summed E-state index contributed by atoms with van der Waals surface area (Å²) in [5.41, 5.74) is -1.97. The first kappa shape index (κ1) is 18.1. The lowest BCUT2D eigenvalue weighted by molar-refractivity contribution is -0.384. The molecule has 0 atom stereocenters. The second-order valence-electron chi connectivity index (χ2n) is 5.36. The summed E-state index contributed by atoms with van der Waals surface area (Å²) in [4.78, 5) is 26.5. The second-order valence-corrected chi connectivity index (χ2v) is 5.36. The van der Waals surface area contributed by atoms with E-state index in [-0.39, 0.29) is 11.4 Å². The summed E-state index contributed by atoms with van der Waals surface area (Å²) < 4.78 is 43.6. The molecule has 1 N–H and O–H groups in total. The average molecular weight is 377 g/mol. The van der Waals surface area contributed by atoms with Gasteiger partial charge >= 0.3 is 11.9 Å². The number of nitro benzene ring substituents is 1. The van der Waals surface area contributed by atoms with Crippen molar-refractivity contribution in [2.75, 3.05) is 0 Å². The Labute approximate surface area is 148 Å². The fourth-order valence-electron chi connectivity index (χ4n) is 2.23. The molecule has 3 aromatic rings. The van der Waals surface area contributed by atoms with Crippen LogP contribution in [0.25, 0.3) is 23.5 Å². The maximum atomic E-state index is 12.7. The van der Waals surface area contributed by atoms with E-state index < -0.39 is 22.5 Å². The topological polar surface area (TPSA) is 102 Å². The predicted molar refractivity (Wildman–Crippen MR) is 89.6 cm³/mol. The van der Waals surface area contributed by atoms with E-state index in [0.717, 1.165) is 0 Å². The Morgan fingerprint density at radius 2 is 1.81 bits per heavy atom. The van der Waals surface area contributed by atoms with Crippen molar-refractivity contribution < 1.29 is 22.5 Å². The molecular formula is C17H10F3N3O4. The molecular weight excluding hydrogens is 367 g/mol. The third-order valence-corrected chi connectivity index (χ3v) is 3.48. The molecule has 7 nitrogen and oxygen atoms in total. The molecule has 27 heavy (non-hydrogen) atoms. The quantitative estimate of drug-likeness (QED) is 0.544. The smallest absolute Gasteiger partial charge is 0.431 e. The van der Waals surface area contributed by atoms with Crippen LogP contribution < -0.4 is 5.69 Å². The molecule has 0 aliphatic rings. The van der Waals surface area contributed by atoms with Crippen molar-refractivity contribution in [2.45, 2.75) is 6.18 Å². The molecule has 138 valence electrons. The average Bonchev–Trinajstić information content (AvgIpc) is 3.08. The molecule has 3 rings (SSSR count). The summed E-state index contributed by atoms with van der Waals surface area (Å²) in [6.07, 6.45) is -2.13. The van der Waals surface area contributed by atoms with Gasteiger partial charge < -0.3 is 9.40 Å². The minimum Gasteiger partial charge on any atom is -0.457 e. The van der Waals surface area contributed by atoms with E-state index in [1.165, 1.54) is 36.4 Å². The van der Waals surface area contributed by atoms with Crippen LogP contribution in [0.15, 0.2) is 51.7 Å². The zero-order valence-electron chi connectivity index (χ0n) is 13.4. The van der Waals surface area contributed by atoms with Crippen molar-refractivity contribution in [2.24, 2.45) is 0 Å². The number of halogens is 3. The SMILES string of the molecule is O=c1nc(/C=C/c2ccc(-c3ccc([N+](=O)[O-])cc3)o2)cc(C(F)(F)F)[nH]1. The van der Waals surface area contributed by atoms with Gasteiger partial charge in [0.25, 0.3) is 5.69 Å².